The van der Waals surface area contributed by atoms with Crippen molar-refractivity contribution in [1.29, 1.82) is 0 Å². The van der Waals surface area contributed by atoms with Gasteiger partial charge in [0.15, 0.2) is 0 Å². The van der Waals surface area contributed by atoms with Crippen LogP contribution in [0.25, 0.3) is 5.69 Å². The van der Waals surface area contributed by atoms with E-state index in [1.807, 2.05) is 25.7 Å². The number of carbonyl (C=O) groups is 1. The molecule has 0 unspecified atom stereocenters. The number of nitrogens with zero attached hydrogens (tertiary/aromatic N) is 5. The van der Waals surface area contributed by atoms with E-state index in [0.717, 1.165) is 49.5 Å². The molecule has 1 aliphatic heterocycles. The van der Waals surface area contributed by atoms with E-state index in [1.165, 1.54) is 11.8 Å². The molecule has 1 aliphatic rings. The van der Waals surface area contributed by atoms with Gasteiger partial charge >= 0.3 is 0 Å². The molecule has 1 fully saturated rings. The molecule has 1 aromatic heterocycles. The van der Waals surface area contributed by atoms with Crippen molar-refractivity contribution in [2.45, 2.75) is 38.1 Å². The molecule has 26 heavy (non-hydrogen) atoms. The summed E-state index contributed by atoms with van der Waals surface area (Å²) >= 11 is 1.42. The molecule has 140 valence electrons. The lowest BCUT2D eigenvalue weighted by Crippen LogP contribution is -3.14. The van der Waals surface area contributed by atoms with Crippen molar-refractivity contribution < 1.29 is 9.69 Å². The van der Waals surface area contributed by atoms with Gasteiger partial charge in [0, 0.05) is 0 Å². The molecule has 1 N–H and O–H groups in total. The minimum Gasteiger partial charge on any atom is -0.332 e. The highest BCUT2D eigenvalue weighted by Gasteiger charge is 2.28. The van der Waals surface area contributed by atoms with Gasteiger partial charge in [-0.15, -0.1) is 5.10 Å². The summed E-state index contributed by atoms with van der Waals surface area (Å²) in [6, 6.07) is 6.19. The van der Waals surface area contributed by atoms with Crippen LogP contribution in [-0.2, 0) is 4.79 Å². The number of aromatic nitrogens is 4. The lowest BCUT2D eigenvalue weighted by Gasteiger charge is -2.32. The first-order valence-electron chi connectivity index (χ1n) is 9.14. The molecule has 1 saturated heterocycles. The Morgan fingerprint density at radius 3 is 2.73 bits per heavy atom. The second kappa shape index (κ2) is 8.18. The van der Waals surface area contributed by atoms with Crippen molar-refractivity contribution in [1.82, 2.24) is 25.1 Å². The average Bonchev–Trinajstić information content (AvgIpc) is 3.11. The topological polar surface area (TPSA) is 68.3 Å². The third-order valence-electron chi connectivity index (χ3n) is 4.95. The van der Waals surface area contributed by atoms with E-state index in [0.29, 0.717) is 5.16 Å². The number of piperazine rings is 1. The van der Waals surface area contributed by atoms with Crippen LogP contribution in [-0.4, -0.2) is 69.0 Å². The summed E-state index contributed by atoms with van der Waals surface area (Å²) in [7, 11) is 0. The van der Waals surface area contributed by atoms with Crippen molar-refractivity contribution in [2.24, 2.45) is 0 Å². The molecule has 8 heteroatoms. The van der Waals surface area contributed by atoms with E-state index in [1.54, 1.807) is 9.58 Å². The molecule has 1 aromatic carbocycles. The zero-order valence-corrected chi connectivity index (χ0v) is 16.7. The molecular weight excluding hydrogens is 348 g/mol. The number of benzene rings is 1. The van der Waals surface area contributed by atoms with Gasteiger partial charge < -0.3 is 9.80 Å². The van der Waals surface area contributed by atoms with Gasteiger partial charge in [0.25, 0.3) is 0 Å². The molecule has 1 amide bonds. The van der Waals surface area contributed by atoms with Gasteiger partial charge in [-0.2, -0.15) is 4.68 Å². The highest BCUT2D eigenvalue weighted by molar-refractivity contribution is 8.00. The van der Waals surface area contributed by atoms with Crippen LogP contribution in [0.2, 0.25) is 0 Å². The van der Waals surface area contributed by atoms with Crippen molar-refractivity contribution in [3.05, 3.63) is 29.3 Å². The smallest absolute Gasteiger partial charge is 0.236 e. The monoisotopic (exact) mass is 375 g/mol. The number of hydrogen-bond acceptors (Lipinski definition) is 5. The van der Waals surface area contributed by atoms with Crippen LogP contribution >= 0.6 is 11.8 Å². The zero-order chi connectivity index (χ0) is 18.7. The summed E-state index contributed by atoms with van der Waals surface area (Å²) in [5, 5.41) is 12.6. The number of aryl methyl sites for hydroxylation is 2. The Morgan fingerprint density at radius 2 is 2.04 bits per heavy atom. The number of tetrazole rings is 1. The molecule has 2 heterocycles. The lowest BCUT2D eigenvalue weighted by molar-refractivity contribution is -0.902. The van der Waals surface area contributed by atoms with Gasteiger partial charge in [0.1, 0.15) is 0 Å². The highest BCUT2D eigenvalue weighted by atomic mass is 32.2. The number of quaternary nitrogens is 1. The third kappa shape index (κ3) is 4.07. The van der Waals surface area contributed by atoms with E-state index >= 15 is 0 Å². The fourth-order valence-corrected chi connectivity index (χ4v) is 4.10. The number of amides is 1. The first kappa shape index (κ1) is 18.8. The van der Waals surface area contributed by atoms with E-state index in [2.05, 4.69) is 40.6 Å². The molecule has 0 saturated carbocycles. The zero-order valence-electron chi connectivity index (χ0n) is 15.9. The average molecular weight is 376 g/mol. The largest absolute Gasteiger partial charge is 0.332 e. The summed E-state index contributed by atoms with van der Waals surface area (Å²) in [4.78, 5) is 16.3. The first-order chi connectivity index (χ1) is 12.5. The Balaban J connectivity index is 1.71. The summed E-state index contributed by atoms with van der Waals surface area (Å²) in [5.74, 6) is 0.167. The maximum atomic E-state index is 12.8. The summed E-state index contributed by atoms with van der Waals surface area (Å²) < 4.78 is 1.73. The Labute approximate surface area is 158 Å². The summed E-state index contributed by atoms with van der Waals surface area (Å²) in [5.41, 5.74) is 3.21. The minimum absolute atomic E-state index is 0.167. The highest BCUT2D eigenvalue weighted by Crippen LogP contribution is 2.25. The fraction of sp³-hybridized carbons (Fsp3) is 0.556. The third-order valence-corrected chi connectivity index (χ3v) is 5.97. The molecule has 2 aromatic rings. The van der Waals surface area contributed by atoms with Crippen molar-refractivity contribution >= 4 is 17.7 Å². The fourth-order valence-electron chi connectivity index (χ4n) is 3.21. The molecule has 1 atom stereocenters. The van der Waals surface area contributed by atoms with Gasteiger partial charge in [-0.3, -0.25) is 4.79 Å². The van der Waals surface area contributed by atoms with Gasteiger partial charge in [-0.25, -0.2) is 0 Å². The van der Waals surface area contributed by atoms with Crippen LogP contribution in [0, 0.1) is 13.8 Å². The molecule has 7 nitrogen and oxygen atoms in total. The van der Waals surface area contributed by atoms with Crippen LogP contribution in [0.4, 0.5) is 0 Å². The number of nitrogens with one attached hydrogen (secondary N) is 1. The van der Waals surface area contributed by atoms with Crippen molar-refractivity contribution in [3.8, 4) is 5.69 Å². The van der Waals surface area contributed by atoms with Crippen LogP contribution in [0.5, 0.6) is 0 Å². The first-order valence-corrected chi connectivity index (χ1v) is 10.0. The van der Waals surface area contributed by atoms with Gasteiger partial charge in [-0.05, 0) is 55.3 Å². The Hall–Kier alpha value is -1.93. The van der Waals surface area contributed by atoms with E-state index < -0.39 is 0 Å². The maximum absolute atomic E-state index is 12.8. The quantitative estimate of drug-likeness (QED) is 0.771. The number of thioether (sulfide) groups is 1. The minimum atomic E-state index is -0.215. The molecule has 0 radical (unpaired) electrons. The molecule has 0 aliphatic carbocycles. The van der Waals surface area contributed by atoms with Gasteiger partial charge in [-0.1, -0.05) is 23.9 Å². The summed E-state index contributed by atoms with van der Waals surface area (Å²) in [6.45, 7) is 13.0. The van der Waals surface area contributed by atoms with Crippen molar-refractivity contribution in [3.63, 3.8) is 0 Å². The van der Waals surface area contributed by atoms with Crippen molar-refractivity contribution in [2.75, 3.05) is 32.7 Å². The van der Waals surface area contributed by atoms with E-state index in [4.69, 9.17) is 0 Å². The number of likely N-dealkylation sites (N-methyl/N-ethyl adjacent to an activating group) is 1. The standard InChI is InChI=1S/C18H26N6OS/c1-5-22-8-10-23(11-9-22)17(25)15(4)26-18-19-20-21-24(18)16-12-13(2)6-7-14(16)3/h6-7,12,15H,5,8-11H2,1-4H3/p+1/t15-/m1/s1. The molecule has 0 spiro atoms. The molecular formula is C18H27N6OS+. The van der Waals surface area contributed by atoms with E-state index in [-0.39, 0.29) is 11.2 Å². The predicted octanol–water partition coefficient (Wildman–Crippen LogP) is 0.507. The number of carbonyl (C=O) groups excluding carboxylic acids is 1. The van der Waals surface area contributed by atoms with Gasteiger partial charge in [0.05, 0.1) is 43.7 Å². The number of rotatable bonds is 5. The van der Waals surface area contributed by atoms with Gasteiger partial charge in [0.2, 0.25) is 11.1 Å². The Morgan fingerprint density at radius 1 is 1.31 bits per heavy atom. The molecule has 3 rings (SSSR count). The lowest BCUT2D eigenvalue weighted by atomic mass is 10.1. The second-order valence-electron chi connectivity index (χ2n) is 6.85. The normalized spacial score (nSPS) is 16.7. The maximum Gasteiger partial charge on any atom is 0.236 e. The second-order valence-corrected chi connectivity index (χ2v) is 8.16. The summed E-state index contributed by atoms with van der Waals surface area (Å²) in [6.07, 6.45) is 0. The van der Waals surface area contributed by atoms with E-state index in [9.17, 15) is 4.79 Å². The Bertz CT molecular complexity index is 769. The van der Waals surface area contributed by atoms with Crippen LogP contribution in [0.15, 0.2) is 23.4 Å². The van der Waals surface area contributed by atoms with Crippen LogP contribution in [0.3, 0.4) is 0 Å². The predicted molar refractivity (Wildman–Crippen MR) is 102 cm³/mol. The van der Waals surface area contributed by atoms with Crippen LogP contribution < -0.4 is 4.90 Å². The Kier molecular flexibility index (Phi) is 5.93. The van der Waals surface area contributed by atoms with Crippen LogP contribution in [0.1, 0.15) is 25.0 Å². The number of hydrogen-bond donors (Lipinski definition) is 1. The SMILES string of the molecule is CC[NH+]1CCN(C(=O)[C@@H](C)Sc2nnnn2-c2cc(C)ccc2C)CC1. The molecule has 0 bridgehead atoms.